The molecule has 0 amide bonds. The third kappa shape index (κ3) is 3.20. The predicted octanol–water partition coefficient (Wildman–Crippen LogP) is 3.47. The largest absolute Gasteiger partial charge is 0.356 e. The van der Waals surface area contributed by atoms with E-state index >= 15 is 0 Å². The highest BCUT2D eigenvalue weighted by molar-refractivity contribution is 9.10. The maximum atomic E-state index is 4.46. The molecule has 0 radical (unpaired) electrons. The van der Waals surface area contributed by atoms with E-state index in [0.717, 1.165) is 22.8 Å². The van der Waals surface area contributed by atoms with Crippen LogP contribution < -0.4 is 4.90 Å². The summed E-state index contributed by atoms with van der Waals surface area (Å²) in [6, 6.07) is 4.17. The Hall–Kier alpha value is -0.570. The zero-order chi connectivity index (χ0) is 10.7. The average Bonchev–Trinajstić information content (AvgIpc) is 3.02. The molecule has 1 aliphatic carbocycles. The van der Waals surface area contributed by atoms with E-state index in [9.17, 15) is 0 Å². The van der Waals surface area contributed by atoms with Gasteiger partial charge in [0, 0.05) is 23.8 Å². The quantitative estimate of drug-likeness (QED) is 0.813. The fourth-order valence-corrected chi connectivity index (χ4v) is 1.97. The Labute approximate surface area is 99.8 Å². The van der Waals surface area contributed by atoms with Gasteiger partial charge in [0.25, 0.3) is 0 Å². The van der Waals surface area contributed by atoms with Crippen LogP contribution in [-0.4, -0.2) is 18.1 Å². The van der Waals surface area contributed by atoms with Gasteiger partial charge in [-0.3, -0.25) is 0 Å². The van der Waals surface area contributed by atoms with Crippen molar-refractivity contribution in [3.8, 4) is 0 Å². The number of rotatable bonds is 5. The molecular weight excluding hydrogens is 252 g/mol. The van der Waals surface area contributed by atoms with Gasteiger partial charge in [0.05, 0.1) is 0 Å². The Morgan fingerprint density at radius 1 is 1.47 bits per heavy atom. The smallest absolute Gasteiger partial charge is 0.128 e. The minimum atomic E-state index is 0.919. The molecule has 1 saturated carbocycles. The maximum absolute atomic E-state index is 4.46. The SMILES string of the molecule is CCCN(CC1CC1)c1ccc(Br)cn1. The Balaban J connectivity index is 2.04. The normalized spacial score (nSPS) is 15.3. The molecule has 0 bridgehead atoms. The molecule has 0 aromatic carbocycles. The zero-order valence-corrected chi connectivity index (χ0v) is 10.7. The molecule has 1 heterocycles. The van der Waals surface area contributed by atoms with Crippen LogP contribution in [-0.2, 0) is 0 Å². The molecule has 0 aliphatic heterocycles. The topological polar surface area (TPSA) is 16.1 Å². The molecular formula is C12H17BrN2. The molecule has 1 aromatic rings. The van der Waals surface area contributed by atoms with E-state index in [2.05, 4.69) is 44.9 Å². The summed E-state index contributed by atoms with van der Waals surface area (Å²) in [4.78, 5) is 6.86. The van der Waals surface area contributed by atoms with Gasteiger partial charge < -0.3 is 4.90 Å². The molecule has 2 rings (SSSR count). The van der Waals surface area contributed by atoms with Gasteiger partial charge in [0.2, 0.25) is 0 Å². The van der Waals surface area contributed by atoms with Crippen molar-refractivity contribution in [1.29, 1.82) is 0 Å². The highest BCUT2D eigenvalue weighted by Gasteiger charge is 2.24. The lowest BCUT2D eigenvalue weighted by molar-refractivity contribution is 0.699. The molecule has 2 nitrogen and oxygen atoms in total. The number of hydrogen-bond donors (Lipinski definition) is 0. The van der Waals surface area contributed by atoms with Gasteiger partial charge in [-0.05, 0) is 53.2 Å². The van der Waals surface area contributed by atoms with Gasteiger partial charge in [-0.15, -0.1) is 0 Å². The van der Waals surface area contributed by atoms with Crippen molar-refractivity contribution < 1.29 is 0 Å². The molecule has 1 fully saturated rings. The van der Waals surface area contributed by atoms with Crippen molar-refractivity contribution in [3.63, 3.8) is 0 Å². The fourth-order valence-electron chi connectivity index (χ4n) is 1.74. The van der Waals surface area contributed by atoms with Crippen LogP contribution in [0.25, 0.3) is 0 Å². The van der Waals surface area contributed by atoms with Crippen LogP contribution in [0.3, 0.4) is 0 Å². The number of nitrogens with zero attached hydrogens (tertiary/aromatic N) is 2. The van der Waals surface area contributed by atoms with E-state index in [0.29, 0.717) is 0 Å². The van der Waals surface area contributed by atoms with Crippen LogP contribution in [0.4, 0.5) is 5.82 Å². The summed E-state index contributed by atoms with van der Waals surface area (Å²) >= 11 is 3.42. The van der Waals surface area contributed by atoms with Crippen LogP contribution in [0.2, 0.25) is 0 Å². The highest BCUT2D eigenvalue weighted by atomic mass is 79.9. The molecule has 0 unspecified atom stereocenters. The Morgan fingerprint density at radius 3 is 2.80 bits per heavy atom. The molecule has 15 heavy (non-hydrogen) atoms. The van der Waals surface area contributed by atoms with Crippen molar-refractivity contribution in [2.24, 2.45) is 5.92 Å². The number of aromatic nitrogens is 1. The van der Waals surface area contributed by atoms with E-state index in [1.165, 1.54) is 25.8 Å². The molecule has 0 saturated heterocycles. The first-order valence-corrected chi connectivity index (χ1v) is 6.45. The van der Waals surface area contributed by atoms with Crippen LogP contribution in [0.15, 0.2) is 22.8 Å². The summed E-state index contributed by atoms with van der Waals surface area (Å²) in [6.07, 6.45) is 5.86. The van der Waals surface area contributed by atoms with E-state index < -0.39 is 0 Å². The van der Waals surface area contributed by atoms with Crippen molar-refractivity contribution in [1.82, 2.24) is 4.98 Å². The van der Waals surface area contributed by atoms with Crippen LogP contribution in [0.1, 0.15) is 26.2 Å². The maximum Gasteiger partial charge on any atom is 0.128 e. The van der Waals surface area contributed by atoms with E-state index in [1.54, 1.807) is 0 Å². The second-order valence-corrected chi connectivity index (χ2v) is 5.14. The summed E-state index contributed by atoms with van der Waals surface area (Å²) in [7, 11) is 0. The fraction of sp³-hybridized carbons (Fsp3) is 0.583. The summed E-state index contributed by atoms with van der Waals surface area (Å²) in [6.45, 7) is 4.52. The number of hydrogen-bond acceptors (Lipinski definition) is 2. The molecule has 0 atom stereocenters. The molecule has 0 N–H and O–H groups in total. The highest BCUT2D eigenvalue weighted by Crippen LogP contribution is 2.31. The average molecular weight is 269 g/mol. The van der Waals surface area contributed by atoms with Gasteiger partial charge in [0.15, 0.2) is 0 Å². The third-order valence-corrected chi connectivity index (χ3v) is 3.17. The molecule has 3 heteroatoms. The Kier molecular flexibility index (Phi) is 3.62. The van der Waals surface area contributed by atoms with Gasteiger partial charge >= 0.3 is 0 Å². The van der Waals surface area contributed by atoms with E-state index in [-0.39, 0.29) is 0 Å². The van der Waals surface area contributed by atoms with Gasteiger partial charge in [-0.25, -0.2) is 4.98 Å². The number of anilines is 1. The van der Waals surface area contributed by atoms with E-state index in [1.807, 2.05) is 6.20 Å². The van der Waals surface area contributed by atoms with Crippen molar-refractivity contribution in [2.75, 3.05) is 18.0 Å². The van der Waals surface area contributed by atoms with Gasteiger partial charge in [-0.2, -0.15) is 0 Å². The summed E-state index contributed by atoms with van der Waals surface area (Å²) in [5.74, 6) is 2.04. The van der Waals surface area contributed by atoms with Crippen molar-refractivity contribution in [2.45, 2.75) is 26.2 Å². The minimum absolute atomic E-state index is 0.919. The van der Waals surface area contributed by atoms with Crippen molar-refractivity contribution >= 4 is 21.7 Å². The third-order valence-electron chi connectivity index (χ3n) is 2.70. The lowest BCUT2D eigenvalue weighted by Crippen LogP contribution is -2.27. The van der Waals surface area contributed by atoms with Crippen LogP contribution in [0, 0.1) is 5.92 Å². The van der Waals surface area contributed by atoms with E-state index in [4.69, 9.17) is 0 Å². The van der Waals surface area contributed by atoms with Crippen molar-refractivity contribution in [3.05, 3.63) is 22.8 Å². The second-order valence-electron chi connectivity index (χ2n) is 4.22. The lowest BCUT2D eigenvalue weighted by Gasteiger charge is -2.22. The molecule has 1 aliphatic rings. The zero-order valence-electron chi connectivity index (χ0n) is 9.12. The molecule has 82 valence electrons. The first-order chi connectivity index (χ1) is 7.29. The monoisotopic (exact) mass is 268 g/mol. The first kappa shape index (κ1) is 10.9. The summed E-state index contributed by atoms with van der Waals surface area (Å²) in [5.41, 5.74) is 0. The predicted molar refractivity (Wildman–Crippen MR) is 67.2 cm³/mol. The Morgan fingerprint density at radius 2 is 2.27 bits per heavy atom. The van der Waals surface area contributed by atoms with Gasteiger partial charge in [0.1, 0.15) is 5.82 Å². The Bertz CT molecular complexity index is 306. The number of halogens is 1. The van der Waals surface area contributed by atoms with Crippen LogP contribution >= 0.6 is 15.9 Å². The lowest BCUT2D eigenvalue weighted by atomic mass is 10.3. The number of pyridine rings is 1. The first-order valence-electron chi connectivity index (χ1n) is 5.66. The second kappa shape index (κ2) is 4.97. The summed E-state index contributed by atoms with van der Waals surface area (Å²) < 4.78 is 1.05. The van der Waals surface area contributed by atoms with Crippen LogP contribution in [0.5, 0.6) is 0 Å². The standard InChI is InChI=1S/C12H17BrN2/c1-2-7-15(9-10-3-4-10)12-6-5-11(13)8-14-12/h5-6,8,10H,2-4,7,9H2,1H3. The van der Waals surface area contributed by atoms with Gasteiger partial charge in [-0.1, -0.05) is 6.92 Å². The molecule has 1 aromatic heterocycles. The minimum Gasteiger partial charge on any atom is -0.356 e. The summed E-state index contributed by atoms with van der Waals surface area (Å²) in [5, 5.41) is 0. The molecule has 0 spiro atoms.